The average Bonchev–Trinajstić information content (AvgIpc) is 2.84. The molecule has 0 radical (unpaired) electrons. The summed E-state index contributed by atoms with van der Waals surface area (Å²) >= 11 is 3.70. The number of hydrogen-bond donors (Lipinski definition) is 1. The van der Waals surface area contributed by atoms with E-state index in [1.165, 1.54) is 18.4 Å². The minimum absolute atomic E-state index is 0.605. The van der Waals surface area contributed by atoms with Crippen LogP contribution in [0.25, 0.3) is 0 Å². The first kappa shape index (κ1) is 14.8. The summed E-state index contributed by atoms with van der Waals surface area (Å²) in [5, 5.41) is 3.58. The van der Waals surface area contributed by atoms with Gasteiger partial charge in [-0.05, 0) is 59.8 Å². The molecule has 1 aliphatic rings. The summed E-state index contributed by atoms with van der Waals surface area (Å²) in [5.74, 6) is 1.72. The van der Waals surface area contributed by atoms with Crippen LogP contribution >= 0.6 is 15.9 Å². The van der Waals surface area contributed by atoms with E-state index >= 15 is 0 Å². The smallest absolute Gasteiger partial charge is 0.143 e. The van der Waals surface area contributed by atoms with E-state index in [0.29, 0.717) is 12.0 Å². The molecule has 2 rings (SSSR count). The van der Waals surface area contributed by atoms with Crippen molar-refractivity contribution in [1.29, 1.82) is 0 Å². The standard InChI is InChI=1S/C15H24BrN3/c1-11(2)9-19(10-13-5-4-7-17-13)15-14(16)12(3)6-8-18-15/h6,8,11,13,17H,4-5,7,9-10H2,1-3H3. The Bertz CT molecular complexity index is 414. The lowest BCUT2D eigenvalue weighted by Crippen LogP contribution is -2.40. The highest BCUT2D eigenvalue weighted by Gasteiger charge is 2.21. The van der Waals surface area contributed by atoms with Crippen LogP contribution in [0, 0.1) is 12.8 Å². The van der Waals surface area contributed by atoms with Crippen molar-refractivity contribution in [2.24, 2.45) is 5.92 Å². The van der Waals surface area contributed by atoms with Gasteiger partial charge in [0.1, 0.15) is 5.82 Å². The van der Waals surface area contributed by atoms with Crippen molar-refractivity contribution in [2.75, 3.05) is 24.5 Å². The van der Waals surface area contributed by atoms with Crippen LogP contribution in [0.15, 0.2) is 16.7 Å². The normalized spacial score (nSPS) is 19.1. The molecule has 0 aliphatic carbocycles. The van der Waals surface area contributed by atoms with Crippen molar-refractivity contribution in [3.8, 4) is 0 Å². The zero-order valence-corrected chi connectivity index (χ0v) is 13.7. The Morgan fingerprint density at radius 3 is 2.95 bits per heavy atom. The van der Waals surface area contributed by atoms with Gasteiger partial charge in [0.2, 0.25) is 0 Å². The van der Waals surface area contributed by atoms with Crippen molar-refractivity contribution in [3.05, 3.63) is 22.3 Å². The molecule has 1 saturated heterocycles. The van der Waals surface area contributed by atoms with Crippen LogP contribution in [0.4, 0.5) is 5.82 Å². The maximum atomic E-state index is 4.59. The number of nitrogens with zero attached hydrogens (tertiary/aromatic N) is 2. The van der Waals surface area contributed by atoms with E-state index in [1.807, 2.05) is 6.20 Å². The fraction of sp³-hybridized carbons (Fsp3) is 0.667. The lowest BCUT2D eigenvalue weighted by atomic mass is 10.1. The first-order chi connectivity index (χ1) is 9.08. The predicted octanol–water partition coefficient (Wildman–Crippen LogP) is 3.37. The fourth-order valence-corrected chi connectivity index (χ4v) is 3.10. The molecule has 1 atom stereocenters. The van der Waals surface area contributed by atoms with Crippen molar-refractivity contribution < 1.29 is 0 Å². The summed E-state index contributed by atoms with van der Waals surface area (Å²) in [6.45, 7) is 9.90. The number of aryl methyl sites for hydroxylation is 1. The van der Waals surface area contributed by atoms with Gasteiger partial charge in [0.05, 0.1) is 4.47 Å². The summed E-state index contributed by atoms with van der Waals surface area (Å²) in [5.41, 5.74) is 1.25. The highest BCUT2D eigenvalue weighted by Crippen LogP contribution is 2.28. The minimum atomic E-state index is 0.605. The third-order valence-corrected chi connectivity index (χ3v) is 4.53. The Morgan fingerprint density at radius 2 is 2.32 bits per heavy atom. The molecule has 4 heteroatoms. The van der Waals surface area contributed by atoms with Crippen molar-refractivity contribution in [3.63, 3.8) is 0 Å². The molecule has 0 bridgehead atoms. The molecule has 0 saturated carbocycles. The van der Waals surface area contributed by atoms with Crippen LogP contribution in [0.3, 0.4) is 0 Å². The Kier molecular flexibility index (Phi) is 5.22. The largest absolute Gasteiger partial charge is 0.354 e. The van der Waals surface area contributed by atoms with Gasteiger partial charge >= 0.3 is 0 Å². The second-order valence-corrected chi connectivity index (χ2v) is 6.65. The number of hydrogen-bond acceptors (Lipinski definition) is 3. The van der Waals surface area contributed by atoms with E-state index in [-0.39, 0.29) is 0 Å². The molecule has 2 heterocycles. The maximum Gasteiger partial charge on any atom is 0.143 e. The zero-order valence-electron chi connectivity index (χ0n) is 12.1. The predicted molar refractivity (Wildman–Crippen MR) is 84.7 cm³/mol. The number of aromatic nitrogens is 1. The van der Waals surface area contributed by atoms with E-state index < -0.39 is 0 Å². The van der Waals surface area contributed by atoms with Gasteiger partial charge < -0.3 is 10.2 Å². The molecule has 1 unspecified atom stereocenters. The first-order valence-electron chi connectivity index (χ1n) is 7.17. The second kappa shape index (κ2) is 6.71. The Balaban J connectivity index is 2.17. The van der Waals surface area contributed by atoms with Crippen LogP contribution in [0.2, 0.25) is 0 Å². The summed E-state index contributed by atoms with van der Waals surface area (Å²) in [6, 6.07) is 2.66. The van der Waals surface area contributed by atoms with Crippen molar-refractivity contribution >= 4 is 21.7 Å². The van der Waals surface area contributed by atoms with Gasteiger partial charge in [-0.2, -0.15) is 0 Å². The quantitative estimate of drug-likeness (QED) is 0.899. The molecule has 19 heavy (non-hydrogen) atoms. The van der Waals surface area contributed by atoms with Gasteiger partial charge in [0.15, 0.2) is 0 Å². The molecule has 0 aromatic carbocycles. The molecule has 0 amide bonds. The molecule has 3 nitrogen and oxygen atoms in total. The van der Waals surface area contributed by atoms with Gasteiger partial charge in [-0.15, -0.1) is 0 Å². The molecule has 1 aliphatic heterocycles. The SMILES string of the molecule is Cc1ccnc(N(CC(C)C)CC2CCCN2)c1Br. The summed E-state index contributed by atoms with van der Waals surface area (Å²) in [6.07, 6.45) is 4.48. The first-order valence-corrected chi connectivity index (χ1v) is 7.96. The fourth-order valence-electron chi connectivity index (χ4n) is 2.61. The van der Waals surface area contributed by atoms with Gasteiger partial charge in [-0.25, -0.2) is 4.98 Å². The second-order valence-electron chi connectivity index (χ2n) is 5.86. The highest BCUT2D eigenvalue weighted by molar-refractivity contribution is 9.10. The van der Waals surface area contributed by atoms with E-state index in [1.54, 1.807) is 0 Å². The maximum absolute atomic E-state index is 4.59. The van der Waals surface area contributed by atoms with E-state index in [9.17, 15) is 0 Å². The van der Waals surface area contributed by atoms with E-state index in [4.69, 9.17) is 0 Å². The summed E-state index contributed by atoms with van der Waals surface area (Å²) in [7, 11) is 0. The van der Waals surface area contributed by atoms with Gasteiger partial charge in [0.25, 0.3) is 0 Å². The topological polar surface area (TPSA) is 28.2 Å². The molecular weight excluding hydrogens is 302 g/mol. The molecule has 1 N–H and O–H groups in total. The van der Waals surface area contributed by atoms with Crippen molar-refractivity contribution in [1.82, 2.24) is 10.3 Å². The summed E-state index contributed by atoms with van der Waals surface area (Å²) in [4.78, 5) is 7.01. The van der Waals surface area contributed by atoms with Gasteiger partial charge in [-0.3, -0.25) is 0 Å². The number of anilines is 1. The van der Waals surface area contributed by atoms with E-state index in [0.717, 1.165) is 29.9 Å². The molecule has 106 valence electrons. The molecular formula is C15H24BrN3. The van der Waals surface area contributed by atoms with Gasteiger partial charge in [-0.1, -0.05) is 13.8 Å². The Labute approximate surface area is 124 Å². The number of halogens is 1. The molecule has 1 aromatic heterocycles. The minimum Gasteiger partial charge on any atom is -0.354 e. The third-order valence-electron chi connectivity index (χ3n) is 3.55. The monoisotopic (exact) mass is 325 g/mol. The van der Waals surface area contributed by atoms with Crippen LogP contribution in [0.5, 0.6) is 0 Å². The summed E-state index contributed by atoms with van der Waals surface area (Å²) < 4.78 is 1.13. The van der Waals surface area contributed by atoms with Crippen LogP contribution in [-0.2, 0) is 0 Å². The van der Waals surface area contributed by atoms with Crippen molar-refractivity contribution in [2.45, 2.75) is 39.7 Å². The molecule has 1 fully saturated rings. The van der Waals surface area contributed by atoms with Gasteiger partial charge in [0, 0.05) is 25.3 Å². The number of pyridine rings is 1. The molecule has 0 spiro atoms. The average molecular weight is 326 g/mol. The third kappa shape index (κ3) is 3.93. The lowest BCUT2D eigenvalue weighted by Gasteiger charge is -2.29. The number of rotatable bonds is 5. The molecule has 1 aromatic rings. The highest BCUT2D eigenvalue weighted by atomic mass is 79.9. The van der Waals surface area contributed by atoms with Crippen LogP contribution < -0.4 is 10.2 Å². The van der Waals surface area contributed by atoms with Crippen LogP contribution in [0.1, 0.15) is 32.3 Å². The number of nitrogens with one attached hydrogen (secondary N) is 1. The lowest BCUT2D eigenvalue weighted by molar-refractivity contribution is 0.537. The Morgan fingerprint density at radius 1 is 1.53 bits per heavy atom. The zero-order chi connectivity index (χ0) is 13.8. The Hall–Kier alpha value is -0.610. The van der Waals surface area contributed by atoms with Crippen LogP contribution in [-0.4, -0.2) is 30.7 Å². The van der Waals surface area contributed by atoms with E-state index in [2.05, 4.69) is 58.0 Å².